The van der Waals surface area contributed by atoms with Crippen LogP contribution in [0.15, 0.2) is 42.5 Å². The van der Waals surface area contributed by atoms with Crippen LogP contribution in [0, 0.1) is 25.2 Å². The molecule has 2 aliphatic rings. The van der Waals surface area contributed by atoms with Gasteiger partial charge in [-0.3, -0.25) is 9.69 Å². The van der Waals surface area contributed by atoms with Crippen molar-refractivity contribution in [3.8, 4) is 5.75 Å². The third-order valence-corrected chi connectivity index (χ3v) is 6.93. The van der Waals surface area contributed by atoms with Crippen molar-refractivity contribution in [2.45, 2.75) is 46.1 Å². The van der Waals surface area contributed by atoms with Crippen molar-refractivity contribution >= 4 is 5.91 Å². The third kappa shape index (κ3) is 4.70. The molecule has 1 saturated heterocycles. The molecule has 1 saturated carbocycles. The second-order valence-electron chi connectivity index (χ2n) is 9.24. The molecule has 1 aliphatic carbocycles. The van der Waals surface area contributed by atoms with Crippen LogP contribution in [0.5, 0.6) is 5.75 Å². The second kappa shape index (κ2) is 8.81. The van der Waals surface area contributed by atoms with Gasteiger partial charge in [0.25, 0.3) is 0 Å². The van der Waals surface area contributed by atoms with E-state index in [-0.39, 0.29) is 17.2 Å². The van der Waals surface area contributed by atoms with E-state index in [4.69, 9.17) is 4.74 Å². The molecule has 0 bridgehead atoms. The summed E-state index contributed by atoms with van der Waals surface area (Å²) in [5.41, 5.74) is 5.49. The Bertz CT molecular complexity index is 879. The third-order valence-electron chi connectivity index (χ3n) is 6.93. The number of hydrogen-bond acceptors (Lipinski definition) is 3. The molecule has 2 fully saturated rings. The molecule has 1 aliphatic heterocycles. The molecule has 1 heterocycles. The van der Waals surface area contributed by atoms with E-state index in [1.54, 1.807) is 7.11 Å². The monoisotopic (exact) mass is 406 g/mol. The van der Waals surface area contributed by atoms with E-state index in [1.807, 2.05) is 18.2 Å². The Morgan fingerprint density at radius 1 is 1.13 bits per heavy atom. The second-order valence-corrected chi connectivity index (χ2v) is 9.24. The van der Waals surface area contributed by atoms with Crippen LogP contribution in [0.4, 0.5) is 0 Å². The summed E-state index contributed by atoms with van der Waals surface area (Å²) in [6.45, 7) is 8.22. The van der Waals surface area contributed by atoms with Crippen LogP contribution in [0.3, 0.4) is 0 Å². The number of hydrogen-bond donors (Lipinski definition) is 1. The van der Waals surface area contributed by atoms with Crippen LogP contribution >= 0.6 is 0 Å². The standard InChI is InChI=1S/C26H34N2O2/c1-19-14-20(2)16-21(15-19)18-28-12-9-26(10-13-28)17-23(26)25(29)27-11-8-22-6-4-5-7-24(22)30-3/h4-7,14-16,23H,8-13,17-18H2,1-3H3,(H,27,29)/t23-/m0/s1. The normalized spacial score (nSPS) is 20.2. The first-order valence-electron chi connectivity index (χ1n) is 11.2. The Morgan fingerprint density at radius 2 is 1.83 bits per heavy atom. The fraction of sp³-hybridized carbons (Fsp3) is 0.500. The number of ether oxygens (including phenoxy) is 1. The molecule has 1 atom stereocenters. The molecule has 2 aromatic carbocycles. The Kier molecular flexibility index (Phi) is 6.14. The molecule has 1 spiro atoms. The van der Waals surface area contributed by atoms with Crippen molar-refractivity contribution < 1.29 is 9.53 Å². The predicted molar refractivity (Wildman–Crippen MR) is 121 cm³/mol. The lowest BCUT2D eigenvalue weighted by atomic mass is 9.90. The van der Waals surface area contributed by atoms with E-state index in [0.717, 1.165) is 56.6 Å². The molecule has 0 aromatic heterocycles. The maximum atomic E-state index is 12.7. The first-order chi connectivity index (χ1) is 14.5. The maximum Gasteiger partial charge on any atom is 0.223 e. The summed E-state index contributed by atoms with van der Waals surface area (Å²) in [5, 5.41) is 3.17. The van der Waals surface area contributed by atoms with Crippen molar-refractivity contribution in [3.05, 3.63) is 64.7 Å². The van der Waals surface area contributed by atoms with Gasteiger partial charge in [-0.15, -0.1) is 0 Å². The number of amides is 1. The lowest BCUT2D eigenvalue weighted by Crippen LogP contribution is -2.37. The van der Waals surface area contributed by atoms with Gasteiger partial charge >= 0.3 is 0 Å². The summed E-state index contributed by atoms with van der Waals surface area (Å²) >= 11 is 0. The number of aryl methyl sites for hydroxylation is 2. The van der Waals surface area contributed by atoms with E-state index in [1.165, 1.54) is 16.7 Å². The minimum Gasteiger partial charge on any atom is -0.496 e. The number of nitrogens with zero attached hydrogens (tertiary/aromatic N) is 1. The summed E-state index contributed by atoms with van der Waals surface area (Å²) in [7, 11) is 1.69. The molecular weight excluding hydrogens is 372 g/mol. The van der Waals surface area contributed by atoms with Crippen molar-refractivity contribution in [1.29, 1.82) is 0 Å². The SMILES string of the molecule is COc1ccccc1CCNC(=O)[C@@H]1CC12CCN(Cc1cc(C)cc(C)c1)CC2. The largest absolute Gasteiger partial charge is 0.496 e. The molecule has 4 rings (SSSR count). The lowest BCUT2D eigenvalue weighted by Gasteiger charge is -2.33. The van der Waals surface area contributed by atoms with E-state index in [9.17, 15) is 4.79 Å². The van der Waals surface area contributed by atoms with Crippen LogP contribution in [0.2, 0.25) is 0 Å². The fourth-order valence-electron chi connectivity index (χ4n) is 5.20. The zero-order valence-corrected chi connectivity index (χ0v) is 18.5. The van der Waals surface area contributed by atoms with Crippen LogP contribution in [0.1, 0.15) is 41.5 Å². The Labute approximate surface area is 180 Å². The van der Waals surface area contributed by atoms with Crippen molar-refractivity contribution in [1.82, 2.24) is 10.2 Å². The van der Waals surface area contributed by atoms with Gasteiger partial charge in [0.05, 0.1) is 7.11 Å². The van der Waals surface area contributed by atoms with Crippen LogP contribution in [-0.2, 0) is 17.8 Å². The van der Waals surface area contributed by atoms with Gasteiger partial charge < -0.3 is 10.1 Å². The highest BCUT2D eigenvalue weighted by molar-refractivity contribution is 5.82. The average Bonchev–Trinajstić information content (AvgIpc) is 3.43. The van der Waals surface area contributed by atoms with E-state index >= 15 is 0 Å². The van der Waals surface area contributed by atoms with Gasteiger partial charge in [0.15, 0.2) is 0 Å². The van der Waals surface area contributed by atoms with Gasteiger partial charge in [-0.2, -0.15) is 0 Å². The molecule has 4 heteroatoms. The first-order valence-corrected chi connectivity index (χ1v) is 11.2. The number of para-hydroxylation sites is 1. The fourth-order valence-corrected chi connectivity index (χ4v) is 5.20. The van der Waals surface area contributed by atoms with Gasteiger partial charge in [0.2, 0.25) is 5.91 Å². The minimum atomic E-state index is 0.207. The number of methoxy groups -OCH3 is 1. The molecule has 2 aromatic rings. The predicted octanol–water partition coefficient (Wildman–Crippen LogP) is 4.27. The van der Waals surface area contributed by atoms with Crippen molar-refractivity contribution in [2.24, 2.45) is 11.3 Å². The molecule has 160 valence electrons. The summed E-state index contributed by atoms with van der Waals surface area (Å²) in [6.07, 6.45) is 4.15. The number of benzene rings is 2. The summed E-state index contributed by atoms with van der Waals surface area (Å²) in [4.78, 5) is 15.3. The number of carbonyl (C=O) groups is 1. The topological polar surface area (TPSA) is 41.6 Å². The zero-order valence-electron chi connectivity index (χ0n) is 18.5. The minimum absolute atomic E-state index is 0.207. The van der Waals surface area contributed by atoms with Crippen molar-refractivity contribution in [3.63, 3.8) is 0 Å². The van der Waals surface area contributed by atoms with Crippen LogP contribution in [0.25, 0.3) is 0 Å². The number of rotatable bonds is 7. The molecule has 1 N–H and O–H groups in total. The number of likely N-dealkylation sites (tertiary alicyclic amines) is 1. The van der Waals surface area contributed by atoms with Gasteiger partial charge in [0, 0.05) is 19.0 Å². The van der Waals surface area contributed by atoms with Crippen LogP contribution < -0.4 is 10.1 Å². The number of carbonyl (C=O) groups excluding carboxylic acids is 1. The van der Waals surface area contributed by atoms with Gasteiger partial charge in [-0.25, -0.2) is 0 Å². The highest BCUT2D eigenvalue weighted by Crippen LogP contribution is 2.59. The zero-order chi connectivity index (χ0) is 21.1. The Balaban J connectivity index is 1.23. The average molecular weight is 407 g/mol. The summed E-state index contributed by atoms with van der Waals surface area (Å²) in [6, 6.07) is 14.9. The number of piperidine rings is 1. The van der Waals surface area contributed by atoms with E-state index < -0.39 is 0 Å². The summed E-state index contributed by atoms with van der Waals surface area (Å²) in [5.74, 6) is 1.34. The lowest BCUT2D eigenvalue weighted by molar-refractivity contribution is -0.123. The quantitative estimate of drug-likeness (QED) is 0.746. The summed E-state index contributed by atoms with van der Waals surface area (Å²) < 4.78 is 5.40. The number of nitrogens with one attached hydrogen (secondary N) is 1. The maximum absolute atomic E-state index is 12.7. The Hall–Kier alpha value is -2.33. The smallest absolute Gasteiger partial charge is 0.223 e. The van der Waals surface area contributed by atoms with Crippen LogP contribution in [-0.4, -0.2) is 37.6 Å². The molecule has 30 heavy (non-hydrogen) atoms. The Morgan fingerprint density at radius 3 is 2.53 bits per heavy atom. The van der Waals surface area contributed by atoms with Gasteiger partial charge in [-0.1, -0.05) is 47.5 Å². The van der Waals surface area contributed by atoms with E-state index in [2.05, 4.69) is 48.3 Å². The molecule has 0 radical (unpaired) electrons. The highest BCUT2D eigenvalue weighted by Gasteiger charge is 2.58. The molecular formula is C26H34N2O2. The van der Waals surface area contributed by atoms with Crippen molar-refractivity contribution in [2.75, 3.05) is 26.7 Å². The first kappa shape index (κ1) is 20.9. The highest BCUT2D eigenvalue weighted by atomic mass is 16.5. The van der Waals surface area contributed by atoms with E-state index in [0.29, 0.717) is 6.54 Å². The van der Waals surface area contributed by atoms with Gasteiger partial charge in [-0.05, 0) is 75.2 Å². The van der Waals surface area contributed by atoms with Gasteiger partial charge in [0.1, 0.15) is 5.75 Å². The molecule has 1 amide bonds. The molecule has 4 nitrogen and oxygen atoms in total. The molecule has 0 unspecified atom stereocenters.